The molecule has 0 aliphatic carbocycles. The summed E-state index contributed by atoms with van der Waals surface area (Å²) in [6.45, 7) is 4.23. The van der Waals surface area contributed by atoms with E-state index in [0.29, 0.717) is 6.61 Å². The van der Waals surface area contributed by atoms with E-state index in [0.717, 1.165) is 24.3 Å². The number of hydrogen-bond donors (Lipinski definition) is 2. The number of nitrogens with zero attached hydrogens (tertiary/aromatic N) is 1. The highest BCUT2D eigenvalue weighted by atomic mass is 16.5. The van der Waals surface area contributed by atoms with Gasteiger partial charge in [-0.15, -0.1) is 0 Å². The molecule has 1 spiro atoms. The van der Waals surface area contributed by atoms with E-state index in [1.165, 1.54) is 0 Å². The van der Waals surface area contributed by atoms with Gasteiger partial charge >= 0.3 is 5.97 Å². The van der Waals surface area contributed by atoms with E-state index in [1.54, 1.807) is 11.0 Å². The Morgan fingerprint density at radius 3 is 2.78 bits per heavy atom. The number of hydrogen-bond acceptors (Lipinski definition) is 5. The van der Waals surface area contributed by atoms with Crippen LogP contribution in [-0.4, -0.2) is 54.4 Å². The summed E-state index contributed by atoms with van der Waals surface area (Å²) in [5.74, 6) is -2.65. The van der Waals surface area contributed by atoms with Crippen LogP contribution in [0.5, 0.6) is 0 Å². The van der Waals surface area contributed by atoms with Crippen molar-refractivity contribution in [3.8, 4) is 0 Å². The molecule has 3 saturated heterocycles. The van der Waals surface area contributed by atoms with E-state index in [1.807, 2.05) is 37.3 Å². The van der Waals surface area contributed by atoms with Crippen LogP contribution in [0.4, 0.5) is 5.69 Å². The van der Waals surface area contributed by atoms with Gasteiger partial charge < -0.3 is 24.8 Å². The molecule has 6 atom stereocenters. The summed E-state index contributed by atoms with van der Waals surface area (Å²) in [6.07, 6.45) is 3.18. The number of carbonyl (C=O) groups excluding carboxylic acids is 1. The molecule has 5 rings (SSSR count). The van der Waals surface area contributed by atoms with Crippen molar-refractivity contribution >= 4 is 17.6 Å². The molecule has 1 aromatic rings. The second kappa shape index (κ2) is 5.89. The van der Waals surface area contributed by atoms with E-state index < -0.39 is 29.5 Å². The Kier molecular flexibility index (Phi) is 3.69. The van der Waals surface area contributed by atoms with Crippen LogP contribution in [0.2, 0.25) is 0 Å². The fourth-order valence-corrected chi connectivity index (χ4v) is 5.05. The number of amides is 1. The van der Waals surface area contributed by atoms with E-state index in [2.05, 4.69) is 5.32 Å². The van der Waals surface area contributed by atoms with Crippen LogP contribution in [0, 0.1) is 11.8 Å². The van der Waals surface area contributed by atoms with Crippen molar-refractivity contribution in [1.29, 1.82) is 0 Å². The van der Waals surface area contributed by atoms with Gasteiger partial charge in [-0.2, -0.15) is 0 Å². The quantitative estimate of drug-likeness (QED) is 0.775. The zero-order chi connectivity index (χ0) is 18.8. The first kappa shape index (κ1) is 16.9. The molecule has 4 aliphatic heterocycles. The SMILES string of the molecule is CC1N(c2ccc(C3CNCCO3)cc2)C(=O)C2C(C(=O)O)C3C=CC21O3. The van der Waals surface area contributed by atoms with Crippen LogP contribution in [0.1, 0.15) is 18.6 Å². The molecule has 3 fully saturated rings. The number of carboxylic acids is 1. The molecule has 1 aromatic carbocycles. The summed E-state index contributed by atoms with van der Waals surface area (Å²) < 4.78 is 11.8. The maximum Gasteiger partial charge on any atom is 0.310 e. The van der Waals surface area contributed by atoms with Crippen molar-refractivity contribution in [3.05, 3.63) is 42.0 Å². The van der Waals surface area contributed by atoms with E-state index in [9.17, 15) is 14.7 Å². The zero-order valence-electron chi connectivity index (χ0n) is 15.0. The Bertz CT molecular complexity index is 816. The molecule has 0 aromatic heterocycles. The van der Waals surface area contributed by atoms with Crippen LogP contribution in [0.25, 0.3) is 0 Å². The maximum absolute atomic E-state index is 13.2. The van der Waals surface area contributed by atoms with Gasteiger partial charge in [-0.05, 0) is 24.6 Å². The Balaban J connectivity index is 1.45. The number of anilines is 1. The zero-order valence-corrected chi connectivity index (χ0v) is 15.0. The van der Waals surface area contributed by atoms with Crippen molar-refractivity contribution in [1.82, 2.24) is 5.32 Å². The Hall–Kier alpha value is -2.22. The van der Waals surface area contributed by atoms with Gasteiger partial charge in [0.25, 0.3) is 0 Å². The van der Waals surface area contributed by atoms with Crippen LogP contribution in [-0.2, 0) is 19.1 Å². The molecule has 2 bridgehead atoms. The minimum atomic E-state index is -0.976. The molecule has 27 heavy (non-hydrogen) atoms. The third-order valence-corrected chi connectivity index (χ3v) is 6.39. The number of carbonyl (C=O) groups is 2. The number of carboxylic acid groups (broad SMARTS) is 1. The van der Waals surface area contributed by atoms with Gasteiger partial charge in [-0.1, -0.05) is 24.3 Å². The van der Waals surface area contributed by atoms with Crippen LogP contribution < -0.4 is 10.2 Å². The summed E-state index contributed by atoms with van der Waals surface area (Å²) in [6, 6.07) is 7.50. The average Bonchev–Trinajstić information content (AvgIpc) is 3.32. The molecular weight excluding hydrogens is 348 g/mol. The van der Waals surface area contributed by atoms with Gasteiger partial charge in [0.15, 0.2) is 0 Å². The second-order valence-corrected chi connectivity index (χ2v) is 7.68. The maximum atomic E-state index is 13.2. The number of morpholine rings is 1. The highest BCUT2D eigenvalue weighted by Gasteiger charge is 2.70. The number of nitrogens with one attached hydrogen (secondary N) is 1. The Labute approximate surface area is 156 Å². The predicted octanol–water partition coefficient (Wildman–Crippen LogP) is 1.11. The third kappa shape index (κ3) is 2.25. The lowest BCUT2D eigenvalue weighted by Crippen LogP contribution is -2.43. The number of ether oxygens (including phenoxy) is 2. The van der Waals surface area contributed by atoms with Gasteiger partial charge in [0.2, 0.25) is 5.91 Å². The van der Waals surface area contributed by atoms with Gasteiger partial charge in [-0.3, -0.25) is 9.59 Å². The second-order valence-electron chi connectivity index (χ2n) is 7.68. The normalized spacial score (nSPS) is 39.8. The number of fused-ring (bicyclic) bond motifs is 1. The Morgan fingerprint density at radius 1 is 1.33 bits per heavy atom. The lowest BCUT2D eigenvalue weighted by atomic mass is 9.75. The molecular formula is C20H22N2O5. The number of aliphatic carboxylic acids is 1. The molecule has 6 unspecified atom stereocenters. The third-order valence-electron chi connectivity index (χ3n) is 6.39. The summed E-state index contributed by atoms with van der Waals surface area (Å²) in [5, 5.41) is 12.9. The van der Waals surface area contributed by atoms with Gasteiger partial charge in [0, 0.05) is 18.8 Å². The van der Waals surface area contributed by atoms with Gasteiger partial charge in [-0.25, -0.2) is 0 Å². The number of benzene rings is 1. The molecule has 2 N–H and O–H groups in total. The number of rotatable bonds is 3. The molecule has 4 heterocycles. The lowest BCUT2D eigenvalue weighted by molar-refractivity contribution is -0.146. The van der Waals surface area contributed by atoms with Crippen LogP contribution in [0.15, 0.2) is 36.4 Å². The topological polar surface area (TPSA) is 88.1 Å². The van der Waals surface area contributed by atoms with Gasteiger partial charge in [0.05, 0.1) is 30.8 Å². The first-order valence-corrected chi connectivity index (χ1v) is 9.38. The average molecular weight is 370 g/mol. The van der Waals surface area contributed by atoms with Crippen molar-refractivity contribution in [3.63, 3.8) is 0 Å². The molecule has 4 aliphatic rings. The summed E-state index contributed by atoms with van der Waals surface area (Å²) in [5.41, 5.74) is 0.970. The standard InChI is InChI=1S/C20H22N2O5/c1-11-20-7-6-14(27-20)16(19(24)25)17(20)18(23)22(11)13-4-2-12(3-5-13)15-10-21-8-9-26-15/h2-7,11,14-17,21H,8-10H2,1H3,(H,24,25). The smallest absolute Gasteiger partial charge is 0.310 e. The predicted molar refractivity (Wildman–Crippen MR) is 96.3 cm³/mol. The van der Waals surface area contributed by atoms with E-state index in [-0.39, 0.29) is 18.1 Å². The van der Waals surface area contributed by atoms with Crippen molar-refractivity contribution < 1.29 is 24.2 Å². The molecule has 142 valence electrons. The van der Waals surface area contributed by atoms with E-state index in [4.69, 9.17) is 9.47 Å². The largest absolute Gasteiger partial charge is 0.481 e. The first-order valence-electron chi connectivity index (χ1n) is 9.38. The van der Waals surface area contributed by atoms with Gasteiger partial charge in [0.1, 0.15) is 11.5 Å². The molecule has 7 nitrogen and oxygen atoms in total. The highest BCUT2D eigenvalue weighted by Crippen LogP contribution is 2.55. The lowest BCUT2D eigenvalue weighted by Gasteiger charge is -2.30. The summed E-state index contributed by atoms with van der Waals surface area (Å²) in [4.78, 5) is 26.6. The highest BCUT2D eigenvalue weighted by molar-refractivity contribution is 6.03. The molecule has 0 radical (unpaired) electrons. The molecule has 7 heteroatoms. The van der Waals surface area contributed by atoms with Crippen LogP contribution >= 0.6 is 0 Å². The minimum absolute atomic E-state index is 0.00993. The fraction of sp³-hybridized carbons (Fsp3) is 0.500. The molecule has 1 amide bonds. The summed E-state index contributed by atoms with van der Waals surface area (Å²) >= 11 is 0. The summed E-state index contributed by atoms with van der Waals surface area (Å²) in [7, 11) is 0. The van der Waals surface area contributed by atoms with Crippen molar-refractivity contribution in [2.24, 2.45) is 11.8 Å². The van der Waals surface area contributed by atoms with Crippen LogP contribution in [0.3, 0.4) is 0 Å². The van der Waals surface area contributed by atoms with Crippen molar-refractivity contribution in [2.75, 3.05) is 24.6 Å². The first-order chi connectivity index (χ1) is 13.0. The van der Waals surface area contributed by atoms with Crippen molar-refractivity contribution in [2.45, 2.75) is 30.8 Å². The minimum Gasteiger partial charge on any atom is -0.481 e. The Morgan fingerprint density at radius 2 is 2.11 bits per heavy atom. The molecule has 0 saturated carbocycles. The van der Waals surface area contributed by atoms with E-state index >= 15 is 0 Å². The fourth-order valence-electron chi connectivity index (χ4n) is 5.05. The monoisotopic (exact) mass is 370 g/mol.